The Kier molecular flexibility index (Phi) is 4.28. The van der Waals surface area contributed by atoms with E-state index in [4.69, 9.17) is 0 Å². The van der Waals surface area contributed by atoms with Crippen molar-refractivity contribution in [3.05, 3.63) is 48.5 Å². The first kappa shape index (κ1) is 16.5. The van der Waals surface area contributed by atoms with Gasteiger partial charge in [0.25, 0.3) is 0 Å². The van der Waals surface area contributed by atoms with E-state index in [2.05, 4.69) is 26.7 Å². The van der Waals surface area contributed by atoms with E-state index in [0.717, 1.165) is 41.7 Å². The zero-order valence-corrected chi connectivity index (χ0v) is 15.0. The molecular weight excluding hydrogens is 328 g/mol. The Labute approximate surface area is 152 Å². The number of likely N-dealkylation sites (tertiary alicyclic amines) is 1. The van der Waals surface area contributed by atoms with Gasteiger partial charge in [-0.25, -0.2) is 9.31 Å². The third-order valence-corrected chi connectivity index (χ3v) is 4.70. The lowest BCUT2D eigenvalue weighted by Crippen LogP contribution is -2.42. The van der Waals surface area contributed by atoms with Gasteiger partial charge in [-0.05, 0) is 50.5 Å². The van der Waals surface area contributed by atoms with Crippen LogP contribution in [0.5, 0.6) is 0 Å². The summed E-state index contributed by atoms with van der Waals surface area (Å²) < 4.78 is 1.79. The van der Waals surface area contributed by atoms with Crippen LogP contribution < -0.4 is 5.32 Å². The fourth-order valence-electron chi connectivity index (χ4n) is 3.49. The normalized spacial score (nSPS) is 17.2. The fraction of sp³-hybridized carbons (Fsp3) is 0.368. The van der Waals surface area contributed by atoms with Crippen LogP contribution in [0.4, 0.5) is 4.79 Å². The summed E-state index contributed by atoms with van der Waals surface area (Å²) in [6.07, 6.45) is 7.40. The van der Waals surface area contributed by atoms with E-state index in [9.17, 15) is 4.79 Å². The smallest absolute Gasteiger partial charge is 0.318 e. The summed E-state index contributed by atoms with van der Waals surface area (Å²) in [6, 6.07) is 8.08. The van der Waals surface area contributed by atoms with Crippen LogP contribution in [0, 0.1) is 0 Å². The molecule has 1 atom stereocenters. The second-order valence-electron chi connectivity index (χ2n) is 6.91. The molecule has 4 rings (SSSR count). The number of pyridine rings is 2. The molecule has 1 saturated heterocycles. The number of amides is 2. The van der Waals surface area contributed by atoms with Crippen LogP contribution in [0.2, 0.25) is 0 Å². The summed E-state index contributed by atoms with van der Waals surface area (Å²) >= 11 is 0. The number of aromatic nitrogens is 4. The molecular formula is C19H22N6O. The lowest BCUT2D eigenvalue weighted by atomic mass is 10.1. The lowest BCUT2D eigenvalue weighted by molar-refractivity contribution is 0.190. The standard InChI is InChI=1S/C19H22N6O/c1-13(2)21-19(26)24-11-3-4-16(24)18-17-6-5-15(12-25(17)23-22-18)14-7-9-20-10-8-14/h5-10,12-13,16H,3-4,11H2,1-2H3,(H,21,26)/t16-/m1/s1. The minimum Gasteiger partial charge on any atom is -0.336 e. The first-order chi connectivity index (χ1) is 12.6. The van der Waals surface area contributed by atoms with Gasteiger partial charge in [0.1, 0.15) is 5.69 Å². The van der Waals surface area contributed by atoms with Gasteiger partial charge >= 0.3 is 6.03 Å². The molecule has 4 heterocycles. The number of hydrogen-bond acceptors (Lipinski definition) is 4. The molecule has 0 aromatic carbocycles. The predicted molar refractivity (Wildman–Crippen MR) is 98.6 cm³/mol. The molecule has 1 aliphatic heterocycles. The van der Waals surface area contributed by atoms with Crippen LogP contribution in [-0.2, 0) is 0 Å². The summed E-state index contributed by atoms with van der Waals surface area (Å²) in [5.41, 5.74) is 3.94. The monoisotopic (exact) mass is 350 g/mol. The van der Waals surface area contributed by atoms with Gasteiger partial charge in [0.05, 0.1) is 11.6 Å². The summed E-state index contributed by atoms with van der Waals surface area (Å²) in [7, 11) is 0. The molecule has 0 unspecified atom stereocenters. The molecule has 0 spiro atoms. The molecule has 2 amide bonds. The van der Waals surface area contributed by atoms with Gasteiger partial charge in [0.15, 0.2) is 0 Å². The molecule has 0 aliphatic carbocycles. The number of nitrogens with one attached hydrogen (secondary N) is 1. The van der Waals surface area contributed by atoms with E-state index in [-0.39, 0.29) is 18.1 Å². The Morgan fingerprint density at radius 2 is 2.00 bits per heavy atom. The second kappa shape index (κ2) is 6.74. The summed E-state index contributed by atoms with van der Waals surface area (Å²) in [6.45, 7) is 4.69. The second-order valence-corrected chi connectivity index (χ2v) is 6.91. The van der Waals surface area contributed by atoms with Crippen LogP contribution in [0.3, 0.4) is 0 Å². The highest BCUT2D eigenvalue weighted by Crippen LogP contribution is 2.33. The van der Waals surface area contributed by atoms with Gasteiger partial charge in [-0.1, -0.05) is 11.3 Å². The average Bonchev–Trinajstić information content (AvgIpc) is 3.27. The van der Waals surface area contributed by atoms with E-state index in [1.807, 2.05) is 43.1 Å². The van der Waals surface area contributed by atoms with Crippen molar-refractivity contribution in [2.75, 3.05) is 6.54 Å². The topological polar surface area (TPSA) is 75.4 Å². The van der Waals surface area contributed by atoms with Crippen molar-refractivity contribution in [1.29, 1.82) is 0 Å². The van der Waals surface area contributed by atoms with Crippen LogP contribution >= 0.6 is 0 Å². The largest absolute Gasteiger partial charge is 0.336 e. The number of nitrogens with zero attached hydrogens (tertiary/aromatic N) is 5. The molecule has 7 nitrogen and oxygen atoms in total. The van der Waals surface area contributed by atoms with E-state index in [0.29, 0.717) is 0 Å². The van der Waals surface area contributed by atoms with Gasteiger partial charge in [0.2, 0.25) is 0 Å². The number of rotatable bonds is 3. The first-order valence-electron chi connectivity index (χ1n) is 8.96. The molecule has 134 valence electrons. The number of carbonyl (C=O) groups excluding carboxylic acids is 1. The third kappa shape index (κ3) is 3.00. The van der Waals surface area contributed by atoms with Gasteiger partial charge in [-0.3, -0.25) is 4.98 Å². The Hall–Kier alpha value is -2.96. The van der Waals surface area contributed by atoms with Gasteiger partial charge < -0.3 is 10.2 Å². The maximum Gasteiger partial charge on any atom is 0.318 e. The molecule has 26 heavy (non-hydrogen) atoms. The van der Waals surface area contributed by atoms with Crippen molar-refractivity contribution in [1.82, 2.24) is 30.0 Å². The molecule has 0 radical (unpaired) electrons. The van der Waals surface area contributed by atoms with Gasteiger partial charge in [-0.2, -0.15) is 0 Å². The number of hydrogen-bond donors (Lipinski definition) is 1. The number of urea groups is 1. The summed E-state index contributed by atoms with van der Waals surface area (Å²) in [5.74, 6) is 0. The summed E-state index contributed by atoms with van der Waals surface area (Å²) in [4.78, 5) is 18.4. The lowest BCUT2D eigenvalue weighted by Gasteiger charge is -2.24. The maximum absolute atomic E-state index is 12.5. The van der Waals surface area contributed by atoms with Crippen molar-refractivity contribution < 1.29 is 4.79 Å². The van der Waals surface area contributed by atoms with Gasteiger partial charge in [0, 0.05) is 36.7 Å². The SMILES string of the molecule is CC(C)NC(=O)N1CCC[C@@H]1c1nnn2cc(-c3ccncc3)ccc12. The van der Waals surface area contributed by atoms with Crippen LogP contribution in [0.25, 0.3) is 16.6 Å². The third-order valence-electron chi connectivity index (χ3n) is 4.70. The van der Waals surface area contributed by atoms with Gasteiger partial charge in [-0.15, -0.1) is 5.10 Å². The molecule has 0 saturated carbocycles. The van der Waals surface area contributed by atoms with E-state index >= 15 is 0 Å². The zero-order chi connectivity index (χ0) is 18.1. The molecule has 3 aromatic rings. The van der Waals surface area contributed by atoms with Crippen LogP contribution in [0.1, 0.15) is 38.4 Å². The highest BCUT2D eigenvalue weighted by atomic mass is 16.2. The molecule has 1 fully saturated rings. The van der Waals surface area contributed by atoms with Crippen molar-refractivity contribution in [2.24, 2.45) is 0 Å². The Morgan fingerprint density at radius 1 is 1.19 bits per heavy atom. The van der Waals surface area contributed by atoms with Crippen LogP contribution in [-0.4, -0.2) is 43.3 Å². The predicted octanol–water partition coefficient (Wildman–Crippen LogP) is 3.05. The van der Waals surface area contributed by atoms with Crippen molar-refractivity contribution in [3.63, 3.8) is 0 Å². The molecule has 1 N–H and O–H groups in total. The van der Waals surface area contributed by atoms with E-state index in [1.165, 1.54) is 0 Å². The average molecular weight is 350 g/mol. The van der Waals surface area contributed by atoms with E-state index < -0.39 is 0 Å². The number of carbonyl (C=O) groups is 1. The Balaban J connectivity index is 1.66. The quantitative estimate of drug-likeness (QED) is 0.788. The van der Waals surface area contributed by atoms with Crippen molar-refractivity contribution >= 4 is 11.5 Å². The minimum absolute atomic E-state index is 0.0296. The highest BCUT2D eigenvalue weighted by molar-refractivity contribution is 5.76. The zero-order valence-electron chi connectivity index (χ0n) is 15.0. The van der Waals surface area contributed by atoms with Crippen molar-refractivity contribution in [3.8, 4) is 11.1 Å². The van der Waals surface area contributed by atoms with Crippen LogP contribution in [0.15, 0.2) is 42.9 Å². The maximum atomic E-state index is 12.5. The Bertz CT molecular complexity index is 920. The number of fused-ring (bicyclic) bond motifs is 1. The minimum atomic E-state index is -0.0305. The molecule has 7 heteroatoms. The highest BCUT2D eigenvalue weighted by Gasteiger charge is 2.33. The van der Waals surface area contributed by atoms with E-state index in [1.54, 1.807) is 16.9 Å². The molecule has 3 aromatic heterocycles. The fourth-order valence-corrected chi connectivity index (χ4v) is 3.49. The summed E-state index contributed by atoms with van der Waals surface area (Å²) in [5, 5.41) is 11.7. The molecule has 1 aliphatic rings. The Morgan fingerprint density at radius 3 is 2.77 bits per heavy atom. The first-order valence-corrected chi connectivity index (χ1v) is 8.96. The molecule has 0 bridgehead atoms. The van der Waals surface area contributed by atoms with Crippen molar-refractivity contribution in [2.45, 2.75) is 38.8 Å².